The Morgan fingerprint density at radius 2 is 1.70 bits per heavy atom. The summed E-state index contributed by atoms with van der Waals surface area (Å²) in [5.41, 5.74) is 0.324. The summed E-state index contributed by atoms with van der Waals surface area (Å²) < 4.78 is 75.3. The minimum atomic E-state index is -4.52. The number of likely N-dealkylation sites (tertiary alicyclic amines) is 1. The summed E-state index contributed by atoms with van der Waals surface area (Å²) in [6.45, 7) is 4.57. The number of fused-ring (bicyclic) bond motifs is 1. The first-order valence-electron chi connectivity index (χ1n) is 25.1. The van der Waals surface area contributed by atoms with Crippen LogP contribution in [0.2, 0.25) is 0 Å². The molecule has 2 saturated carbocycles. The van der Waals surface area contributed by atoms with Gasteiger partial charge in [-0.15, -0.1) is 0 Å². The van der Waals surface area contributed by atoms with Crippen molar-refractivity contribution in [1.82, 2.24) is 35.7 Å². The van der Waals surface area contributed by atoms with Crippen LogP contribution < -0.4 is 16.0 Å². The van der Waals surface area contributed by atoms with Crippen molar-refractivity contribution in [3.05, 3.63) is 59.2 Å². The van der Waals surface area contributed by atoms with Gasteiger partial charge >= 0.3 is 6.18 Å². The number of amides is 4. The van der Waals surface area contributed by atoms with Crippen molar-refractivity contribution in [2.45, 2.75) is 133 Å². The second-order valence-electron chi connectivity index (χ2n) is 19.3. The number of alkyl halides is 3. The van der Waals surface area contributed by atoms with Gasteiger partial charge in [0.15, 0.2) is 0 Å². The second-order valence-corrected chi connectivity index (χ2v) is 19.3. The maximum absolute atomic E-state index is 14.5. The highest BCUT2D eigenvalue weighted by molar-refractivity contribution is 5.90. The van der Waals surface area contributed by atoms with Gasteiger partial charge in [-0.2, -0.15) is 13.2 Å². The van der Waals surface area contributed by atoms with E-state index in [-0.39, 0.29) is 86.1 Å². The first-order chi connectivity index (χ1) is 33.8. The van der Waals surface area contributed by atoms with Gasteiger partial charge in [-0.25, -0.2) is 0 Å². The van der Waals surface area contributed by atoms with Crippen LogP contribution in [0.4, 0.5) is 13.2 Å². The third kappa shape index (κ3) is 14.7. The number of nitrogens with zero attached hydrogens (tertiary/aromatic N) is 4. The molecule has 5 aliphatic rings. The van der Waals surface area contributed by atoms with Crippen molar-refractivity contribution in [3.8, 4) is 0 Å². The van der Waals surface area contributed by atoms with Crippen LogP contribution in [0, 0.1) is 11.3 Å². The third-order valence-corrected chi connectivity index (χ3v) is 14.7. The number of aromatic nitrogens is 2. The second kappa shape index (κ2) is 25.9. The Morgan fingerprint density at radius 1 is 0.943 bits per heavy atom. The number of halogens is 3. The molecule has 0 unspecified atom stereocenters. The van der Waals surface area contributed by atoms with E-state index in [0.717, 1.165) is 56.4 Å². The molecule has 20 heteroatoms. The zero-order chi connectivity index (χ0) is 49.5. The summed E-state index contributed by atoms with van der Waals surface area (Å²) in [5.74, 6) is -0.903. The average Bonchev–Trinajstić information content (AvgIpc) is 3.92. The number of rotatable bonds is 24. The molecule has 6 atom stereocenters. The zero-order valence-corrected chi connectivity index (χ0v) is 40.7. The Kier molecular flexibility index (Phi) is 19.8. The third-order valence-electron chi connectivity index (χ3n) is 14.7. The highest BCUT2D eigenvalue weighted by atomic mass is 19.4. The van der Waals surface area contributed by atoms with E-state index in [1.807, 2.05) is 12.1 Å². The van der Waals surface area contributed by atoms with E-state index in [4.69, 9.17) is 28.4 Å². The molecule has 3 aliphatic heterocycles. The van der Waals surface area contributed by atoms with Crippen molar-refractivity contribution in [3.63, 3.8) is 0 Å². The Hall–Kier alpha value is -4.31. The molecule has 4 fully saturated rings. The minimum absolute atomic E-state index is 0.0560. The average molecular weight is 988 g/mol. The predicted molar refractivity (Wildman–Crippen MR) is 249 cm³/mol. The molecule has 0 bridgehead atoms. The van der Waals surface area contributed by atoms with E-state index in [9.17, 15) is 32.3 Å². The highest BCUT2D eigenvalue weighted by Crippen LogP contribution is 2.45. The van der Waals surface area contributed by atoms with Crippen molar-refractivity contribution in [2.75, 3.05) is 86.6 Å². The molecular weight excluding hydrogens is 916 g/mol. The molecule has 2 aromatic heterocycles. The molecule has 17 nitrogen and oxygen atoms in total. The Labute approximate surface area is 408 Å². The first-order valence-corrected chi connectivity index (χ1v) is 25.1. The topological polar surface area (TPSA) is 192 Å². The van der Waals surface area contributed by atoms with Crippen molar-refractivity contribution in [1.29, 1.82) is 0 Å². The van der Waals surface area contributed by atoms with Crippen LogP contribution in [0.3, 0.4) is 0 Å². The van der Waals surface area contributed by atoms with Crippen LogP contribution in [0.15, 0.2) is 36.8 Å². The lowest BCUT2D eigenvalue weighted by atomic mass is 9.79. The quantitative estimate of drug-likeness (QED) is 0.126. The fourth-order valence-corrected chi connectivity index (χ4v) is 10.8. The Morgan fingerprint density at radius 3 is 2.44 bits per heavy atom. The number of hydrogen-bond donors (Lipinski definition) is 3. The number of pyridine rings is 2. The summed E-state index contributed by atoms with van der Waals surface area (Å²) in [4.78, 5) is 64.2. The zero-order valence-electron chi connectivity index (χ0n) is 40.7. The molecule has 0 aromatic carbocycles. The fraction of sp³-hybridized carbons (Fsp3) is 0.720. The molecule has 5 heterocycles. The molecule has 4 amide bonds. The fourth-order valence-electron chi connectivity index (χ4n) is 10.8. The molecule has 2 aromatic rings. The number of carbonyl (C=O) groups is 4. The number of carbonyl (C=O) groups excluding carboxylic acids is 4. The summed E-state index contributed by atoms with van der Waals surface area (Å²) in [6.07, 6.45) is 7.95. The number of hydrogen-bond acceptors (Lipinski definition) is 13. The number of ether oxygens (including phenoxy) is 6. The van der Waals surface area contributed by atoms with Gasteiger partial charge in [-0.05, 0) is 87.5 Å². The van der Waals surface area contributed by atoms with Crippen LogP contribution in [0.1, 0.15) is 105 Å². The predicted octanol–water partition coefficient (Wildman–Crippen LogP) is 4.31. The van der Waals surface area contributed by atoms with Gasteiger partial charge in [-0.3, -0.25) is 29.1 Å². The molecule has 2 aliphatic carbocycles. The molecule has 0 radical (unpaired) electrons. The van der Waals surface area contributed by atoms with E-state index >= 15 is 0 Å². The smallest absolute Gasteiger partial charge is 0.379 e. The summed E-state index contributed by atoms with van der Waals surface area (Å²) >= 11 is 0. The van der Waals surface area contributed by atoms with Gasteiger partial charge in [0.25, 0.3) is 0 Å². The van der Waals surface area contributed by atoms with Gasteiger partial charge in [0.05, 0.1) is 87.5 Å². The number of nitrogens with one attached hydrogen (secondary N) is 3. The largest absolute Gasteiger partial charge is 0.417 e. The summed E-state index contributed by atoms with van der Waals surface area (Å²) in [5, 5.41) is 9.65. The first kappa shape index (κ1) is 53.5. The van der Waals surface area contributed by atoms with Crippen molar-refractivity contribution < 1.29 is 60.8 Å². The lowest BCUT2D eigenvalue weighted by Crippen LogP contribution is -2.51. The van der Waals surface area contributed by atoms with Crippen molar-refractivity contribution >= 4 is 23.6 Å². The Bertz CT molecular complexity index is 2010. The molecule has 70 heavy (non-hydrogen) atoms. The number of methoxy groups -OCH3 is 1. The maximum atomic E-state index is 14.5. The van der Waals surface area contributed by atoms with Crippen LogP contribution in [0.25, 0.3) is 0 Å². The Balaban J connectivity index is 0.729. The van der Waals surface area contributed by atoms with E-state index in [1.165, 1.54) is 0 Å². The van der Waals surface area contributed by atoms with Gasteiger partial charge in [0.1, 0.15) is 0 Å². The molecule has 388 valence electrons. The molecule has 7 rings (SSSR count). The van der Waals surface area contributed by atoms with Crippen LogP contribution >= 0.6 is 0 Å². The molecule has 2 saturated heterocycles. The molecule has 0 spiro atoms. The minimum Gasteiger partial charge on any atom is -0.379 e. The van der Waals surface area contributed by atoms with Crippen LogP contribution in [-0.2, 0) is 66.7 Å². The normalized spacial score (nSPS) is 27.1. The van der Waals surface area contributed by atoms with Gasteiger partial charge < -0.3 is 54.2 Å². The lowest BCUT2D eigenvalue weighted by molar-refractivity contribution is -0.143. The molecule has 3 N–H and O–H groups in total. The lowest BCUT2D eigenvalue weighted by Gasteiger charge is -2.38. The summed E-state index contributed by atoms with van der Waals surface area (Å²) in [6, 6.07) is 4.63. The van der Waals surface area contributed by atoms with Crippen molar-refractivity contribution in [2.24, 2.45) is 11.3 Å². The monoisotopic (exact) mass is 988 g/mol. The van der Waals surface area contributed by atoms with E-state index in [1.54, 1.807) is 36.4 Å². The highest BCUT2D eigenvalue weighted by Gasteiger charge is 2.48. The maximum Gasteiger partial charge on any atom is 0.417 e. The van der Waals surface area contributed by atoms with E-state index < -0.39 is 23.1 Å². The summed E-state index contributed by atoms with van der Waals surface area (Å²) in [7, 11) is 3.39. The van der Waals surface area contributed by atoms with Crippen LogP contribution in [-0.4, -0.2) is 160 Å². The standard InChI is InChI=1S/C50H72F3N7O10/c1-59-45(62)28-40(46(59)34-5-3-16-54-30-34)47(63)56-18-22-69-38-6-8-39(9-7-38)70-26-25-67-24-23-66-21-13-44(61)55-17-4-14-49(15-10-37(29-49)58-42-12-20-68-33-43(42)65-2)48(64)60-19-11-41-35(32-60)27-36(31-57-41)50(51,52)53/h3,5,16,27,30-31,37-40,42-43,46,58H,4,6-15,17-26,28-29,32-33H2,1-2H3,(H,55,61)(H,56,63)/t37-,38?,39?,40+,42+,43-,46-,49+/m1/s1. The van der Waals surface area contributed by atoms with E-state index in [2.05, 4.69) is 25.9 Å². The van der Waals surface area contributed by atoms with Gasteiger partial charge in [0, 0.05) is 103 Å². The van der Waals surface area contributed by atoms with Crippen LogP contribution in [0.5, 0.6) is 0 Å². The SMILES string of the molecule is CO[C@@H]1COCC[C@@H]1N[C@@H]1CC[C@](CCCNC(=O)CCOCCOCCOC2CCC(OCCNC(=O)[C@H]3CC(=O)N(C)[C@@H]3c3cccnc3)CC2)(C(=O)N2CCc3ncc(C(F)(F)F)cc3C2)C1. The van der Waals surface area contributed by atoms with E-state index in [0.29, 0.717) is 109 Å². The van der Waals surface area contributed by atoms with Gasteiger partial charge in [-0.1, -0.05) is 6.07 Å². The molecular formula is C50H72F3N7O10. The van der Waals surface area contributed by atoms with Gasteiger partial charge in [0.2, 0.25) is 23.6 Å².